The number of halogens is 1. The molecule has 2 amide bonds. The van der Waals surface area contributed by atoms with Gasteiger partial charge in [0.15, 0.2) is 5.16 Å². The third kappa shape index (κ3) is 5.38. The fourth-order valence-electron chi connectivity index (χ4n) is 3.14. The highest BCUT2D eigenvalue weighted by Crippen LogP contribution is 2.22. The number of likely N-dealkylation sites (tertiary alicyclic amines) is 1. The van der Waals surface area contributed by atoms with Crippen LogP contribution in [0.1, 0.15) is 33.1 Å². The van der Waals surface area contributed by atoms with Gasteiger partial charge in [0.05, 0.1) is 22.8 Å². The number of fused-ring (bicyclic) bond motifs is 1. The first-order chi connectivity index (χ1) is 13.9. The van der Waals surface area contributed by atoms with Gasteiger partial charge in [-0.1, -0.05) is 23.4 Å². The molecule has 1 aromatic heterocycles. The van der Waals surface area contributed by atoms with Crippen LogP contribution in [0.3, 0.4) is 0 Å². The maximum atomic E-state index is 13.0. The monoisotopic (exact) mass is 437 g/mol. The van der Waals surface area contributed by atoms with Gasteiger partial charge in [-0.25, -0.2) is 4.98 Å². The number of nitrogens with zero attached hydrogens (tertiary/aromatic N) is 3. The smallest absolute Gasteiger partial charge is 0.262 e. The number of hydrogen-bond donors (Lipinski definition) is 0. The molecule has 1 fully saturated rings. The van der Waals surface area contributed by atoms with Crippen molar-refractivity contribution in [2.24, 2.45) is 0 Å². The predicted octanol–water partition coefficient (Wildman–Crippen LogP) is 3.11. The van der Waals surface area contributed by atoms with E-state index in [1.54, 1.807) is 22.8 Å². The largest absolute Gasteiger partial charge is 0.379 e. The molecule has 0 N–H and O–H groups in total. The summed E-state index contributed by atoms with van der Waals surface area (Å²) in [7, 11) is 0. The van der Waals surface area contributed by atoms with E-state index in [2.05, 4.69) is 4.98 Å². The molecule has 9 heteroatoms. The molecule has 1 aliphatic rings. The number of carbonyl (C=O) groups excluding carboxylic acids is 2. The Morgan fingerprint density at radius 3 is 2.83 bits per heavy atom. The Labute approximate surface area is 178 Å². The Kier molecular flexibility index (Phi) is 7.32. The molecule has 1 aliphatic heterocycles. The SMILES string of the molecule is CC(C)OCCCn1c(SCC(=O)N2CCCC2=O)nc2cc(Cl)ccc2c1=O. The summed E-state index contributed by atoms with van der Waals surface area (Å²) in [5, 5.41) is 1.40. The average molecular weight is 438 g/mol. The number of ether oxygens (including phenoxy) is 1. The zero-order valence-electron chi connectivity index (χ0n) is 16.5. The van der Waals surface area contributed by atoms with Crippen molar-refractivity contribution >= 4 is 46.1 Å². The Morgan fingerprint density at radius 2 is 2.14 bits per heavy atom. The summed E-state index contributed by atoms with van der Waals surface area (Å²) < 4.78 is 7.14. The predicted molar refractivity (Wildman–Crippen MR) is 113 cm³/mol. The van der Waals surface area contributed by atoms with E-state index in [4.69, 9.17) is 16.3 Å². The van der Waals surface area contributed by atoms with Gasteiger partial charge in [-0.05, 0) is 44.9 Å². The molecule has 0 saturated carbocycles. The first-order valence-electron chi connectivity index (χ1n) is 9.64. The molecule has 3 rings (SSSR count). The topological polar surface area (TPSA) is 81.5 Å². The van der Waals surface area contributed by atoms with Gasteiger partial charge < -0.3 is 4.74 Å². The summed E-state index contributed by atoms with van der Waals surface area (Å²) >= 11 is 7.22. The van der Waals surface area contributed by atoms with Gasteiger partial charge in [-0.3, -0.25) is 23.9 Å². The number of benzene rings is 1. The molecule has 0 atom stereocenters. The second-order valence-electron chi connectivity index (χ2n) is 7.12. The third-order valence-corrected chi connectivity index (χ3v) is 5.76. The molecule has 7 nitrogen and oxygen atoms in total. The lowest BCUT2D eigenvalue weighted by molar-refractivity contribution is -0.140. The molecule has 0 unspecified atom stereocenters. The maximum Gasteiger partial charge on any atom is 0.262 e. The van der Waals surface area contributed by atoms with E-state index in [1.165, 1.54) is 16.7 Å². The van der Waals surface area contributed by atoms with Crippen LogP contribution >= 0.6 is 23.4 Å². The number of amides is 2. The summed E-state index contributed by atoms with van der Waals surface area (Å²) in [5.41, 5.74) is 0.313. The van der Waals surface area contributed by atoms with Crippen LogP contribution in [0.15, 0.2) is 28.2 Å². The van der Waals surface area contributed by atoms with Gasteiger partial charge in [0.25, 0.3) is 5.56 Å². The lowest BCUT2D eigenvalue weighted by Gasteiger charge is -2.16. The summed E-state index contributed by atoms with van der Waals surface area (Å²) in [6, 6.07) is 4.96. The van der Waals surface area contributed by atoms with Crippen molar-refractivity contribution < 1.29 is 14.3 Å². The van der Waals surface area contributed by atoms with E-state index < -0.39 is 0 Å². The molecule has 0 spiro atoms. The lowest BCUT2D eigenvalue weighted by atomic mass is 10.2. The molecule has 0 bridgehead atoms. The van der Waals surface area contributed by atoms with Crippen molar-refractivity contribution in [1.29, 1.82) is 0 Å². The summed E-state index contributed by atoms with van der Waals surface area (Å²) in [5.74, 6) is -0.350. The van der Waals surface area contributed by atoms with E-state index in [-0.39, 0.29) is 29.2 Å². The van der Waals surface area contributed by atoms with Crippen molar-refractivity contribution in [3.63, 3.8) is 0 Å². The highest BCUT2D eigenvalue weighted by atomic mass is 35.5. The van der Waals surface area contributed by atoms with Crippen LogP contribution < -0.4 is 5.56 Å². The van der Waals surface area contributed by atoms with Crippen molar-refractivity contribution in [3.05, 3.63) is 33.6 Å². The lowest BCUT2D eigenvalue weighted by Crippen LogP contribution is -2.33. The van der Waals surface area contributed by atoms with Crippen LogP contribution in [-0.2, 0) is 20.9 Å². The number of imide groups is 1. The van der Waals surface area contributed by atoms with Gasteiger partial charge in [0.1, 0.15) is 0 Å². The molecule has 156 valence electrons. The molecule has 2 aromatic rings. The van der Waals surface area contributed by atoms with Crippen molar-refractivity contribution in [1.82, 2.24) is 14.5 Å². The van der Waals surface area contributed by atoms with E-state index in [0.717, 1.165) is 0 Å². The molecule has 0 radical (unpaired) electrons. The van der Waals surface area contributed by atoms with E-state index in [0.29, 0.717) is 60.0 Å². The first kappa shape index (κ1) is 21.8. The number of rotatable bonds is 8. The van der Waals surface area contributed by atoms with Crippen molar-refractivity contribution in [2.75, 3.05) is 18.9 Å². The van der Waals surface area contributed by atoms with E-state index in [1.807, 2.05) is 13.8 Å². The molecule has 1 aromatic carbocycles. The maximum absolute atomic E-state index is 13.0. The van der Waals surface area contributed by atoms with Crippen molar-refractivity contribution in [2.45, 2.75) is 50.9 Å². The van der Waals surface area contributed by atoms with Crippen LogP contribution in [0.2, 0.25) is 5.02 Å². The second-order valence-corrected chi connectivity index (χ2v) is 8.50. The molecular formula is C20H24ClN3O4S. The van der Waals surface area contributed by atoms with E-state index in [9.17, 15) is 14.4 Å². The fourth-order valence-corrected chi connectivity index (χ4v) is 4.21. The summed E-state index contributed by atoms with van der Waals surface area (Å²) in [6.07, 6.45) is 1.87. The Balaban J connectivity index is 1.84. The minimum Gasteiger partial charge on any atom is -0.379 e. The molecule has 0 aliphatic carbocycles. The highest BCUT2D eigenvalue weighted by Gasteiger charge is 2.26. The average Bonchev–Trinajstić information content (AvgIpc) is 3.10. The molecular weight excluding hydrogens is 414 g/mol. The molecule has 1 saturated heterocycles. The van der Waals surface area contributed by atoms with Crippen molar-refractivity contribution in [3.8, 4) is 0 Å². The quantitative estimate of drug-likeness (QED) is 0.358. The van der Waals surface area contributed by atoms with Gasteiger partial charge >= 0.3 is 0 Å². The number of hydrogen-bond acceptors (Lipinski definition) is 6. The zero-order valence-corrected chi connectivity index (χ0v) is 18.1. The Morgan fingerprint density at radius 1 is 1.34 bits per heavy atom. The van der Waals surface area contributed by atoms with Crippen LogP contribution in [0.25, 0.3) is 10.9 Å². The molecule has 2 heterocycles. The van der Waals surface area contributed by atoms with Crippen LogP contribution in [-0.4, -0.2) is 51.3 Å². The zero-order chi connectivity index (χ0) is 21.0. The third-order valence-electron chi connectivity index (χ3n) is 4.56. The fraction of sp³-hybridized carbons (Fsp3) is 0.500. The number of aromatic nitrogens is 2. The number of thioether (sulfide) groups is 1. The first-order valence-corrected chi connectivity index (χ1v) is 11.0. The van der Waals surface area contributed by atoms with Gasteiger partial charge in [-0.2, -0.15) is 0 Å². The van der Waals surface area contributed by atoms with Gasteiger partial charge in [-0.15, -0.1) is 0 Å². The van der Waals surface area contributed by atoms with E-state index >= 15 is 0 Å². The summed E-state index contributed by atoms with van der Waals surface area (Å²) in [4.78, 5) is 43.1. The minimum absolute atomic E-state index is 0.0484. The number of carbonyl (C=O) groups is 2. The van der Waals surface area contributed by atoms with Gasteiger partial charge in [0, 0.05) is 31.1 Å². The van der Waals surface area contributed by atoms with Crippen LogP contribution in [0.4, 0.5) is 0 Å². The Hall–Kier alpha value is -1.90. The Bertz CT molecular complexity index is 976. The standard InChI is InChI=1S/C20H24ClN3O4S/c1-13(2)28-10-4-9-24-19(27)15-7-6-14(21)11-16(15)22-20(24)29-12-18(26)23-8-3-5-17(23)25/h6-7,11,13H,3-5,8-10,12H2,1-2H3. The molecule has 29 heavy (non-hydrogen) atoms. The van der Waals surface area contributed by atoms with Crippen LogP contribution in [0, 0.1) is 0 Å². The van der Waals surface area contributed by atoms with Crippen LogP contribution in [0.5, 0.6) is 0 Å². The van der Waals surface area contributed by atoms with Gasteiger partial charge in [0.2, 0.25) is 11.8 Å². The summed E-state index contributed by atoms with van der Waals surface area (Å²) in [6.45, 7) is 5.32. The minimum atomic E-state index is -0.257. The normalized spacial score (nSPS) is 14.3. The highest BCUT2D eigenvalue weighted by molar-refractivity contribution is 7.99. The second kappa shape index (κ2) is 9.73.